The molecule has 0 saturated carbocycles. The van der Waals surface area contributed by atoms with Gasteiger partial charge in [-0.3, -0.25) is 4.79 Å². The van der Waals surface area contributed by atoms with Crippen molar-refractivity contribution in [1.29, 1.82) is 0 Å². The second-order valence-electron chi connectivity index (χ2n) is 4.96. The van der Waals surface area contributed by atoms with E-state index in [2.05, 4.69) is 10.6 Å². The molecule has 0 radical (unpaired) electrons. The molecule has 1 aromatic rings. The molecule has 1 saturated heterocycles. The zero-order valence-corrected chi connectivity index (χ0v) is 11.7. The number of anilines is 1. The number of nitrogens with one attached hydrogen (secondary N) is 2. The fourth-order valence-electron chi connectivity index (χ4n) is 2.49. The Morgan fingerprint density at radius 1 is 1.58 bits per heavy atom. The van der Waals surface area contributed by atoms with Crippen molar-refractivity contribution >= 4 is 23.2 Å². The maximum Gasteiger partial charge on any atom is 0.231 e. The van der Waals surface area contributed by atoms with Gasteiger partial charge < -0.3 is 10.6 Å². The lowest BCUT2D eigenvalue weighted by Gasteiger charge is -2.35. The summed E-state index contributed by atoms with van der Waals surface area (Å²) in [6, 6.07) is 4.38. The van der Waals surface area contributed by atoms with Crippen molar-refractivity contribution in [3.63, 3.8) is 0 Å². The minimum Gasteiger partial charge on any atom is -0.322 e. The summed E-state index contributed by atoms with van der Waals surface area (Å²) >= 11 is 5.93. The van der Waals surface area contributed by atoms with E-state index in [0.29, 0.717) is 6.54 Å². The van der Waals surface area contributed by atoms with Crippen molar-refractivity contribution in [2.75, 3.05) is 18.4 Å². The number of carbonyl (C=O) groups is 1. The summed E-state index contributed by atoms with van der Waals surface area (Å²) < 4.78 is 13.7. The quantitative estimate of drug-likeness (QED) is 0.895. The molecule has 0 bridgehead atoms. The van der Waals surface area contributed by atoms with Crippen LogP contribution in [0, 0.1) is 11.2 Å². The number of rotatable bonds is 3. The summed E-state index contributed by atoms with van der Waals surface area (Å²) in [5.74, 6) is -0.662. The van der Waals surface area contributed by atoms with E-state index in [4.69, 9.17) is 11.6 Å². The Balaban J connectivity index is 2.20. The average molecular weight is 285 g/mol. The molecule has 1 amide bonds. The summed E-state index contributed by atoms with van der Waals surface area (Å²) in [5.41, 5.74) is -0.392. The molecule has 3 nitrogen and oxygen atoms in total. The van der Waals surface area contributed by atoms with E-state index >= 15 is 0 Å². The Morgan fingerprint density at radius 3 is 2.95 bits per heavy atom. The largest absolute Gasteiger partial charge is 0.322 e. The number of hydrogen-bond donors (Lipinski definition) is 2. The molecule has 1 fully saturated rings. The van der Waals surface area contributed by atoms with Gasteiger partial charge in [-0.25, -0.2) is 4.39 Å². The van der Waals surface area contributed by atoms with Gasteiger partial charge in [-0.1, -0.05) is 24.6 Å². The molecule has 1 unspecified atom stereocenters. The molecule has 19 heavy (non-hydrogen) atoms. The molecule has 1 heterocycles. The van der Waals surface area contributed by atoms with Gasteiger partial charge in [-0.05, 0) is 37.9 Å². The van der Waals surface area contributed by atoms with Crippen LogP contribution in [0.15, 0.2) is 18.2 Å². The van der Waals surface area contributed by atoms with Gasteiger partial charge in [-0.15, -0.1) is 0 Å². The minimum absolute atomic E-state index is 0.0764. The molecule has 2 rings (SSSR count). The summed E-state index contributed by atoms with van der Waals surface area (Å²) in [6.45, 7) is 3.53. The highest BCUT2D eigenvalue weighted by molar-refractivity contribution is 6.33. The van der Waals surface area contributed by atoms with E-state index in [-0.39, 0.29) is 16.6 Å². The number of carbonyl (C=O) groups excluding carboxylic acids is 1. The molecule has 1 atom stereocenters. The fraction of sp³-hybridized carbons (Fsp3) is 0.500. The van der Waals surface area contributed by atoms with Gasteiger partial charge in [0.15, 0.2) is 0 Å². The van der Waals surface area contributed by atoms with E-state index in [1.165, 1.54) is 12.1 Å². The van der Waals surface area contributed by atoms with Gasteiger partial charge in [0.05, 0.1) is 16.1 Å². The van der Waals surface area contributed by atoms with Crippen LogP contribution in [0.25, 0.3) is 0 Å². The maximum atomic E-state index is 13.7. The third-order valence-electron chi connectivity index (χ3n) is 3.83. The number of amides is 1. The van der Waals surface area contributed by atoms with Crippen molar-refractivity contribution in [3.05, 3.63) is 29.0 Å². The lowest BCUT2D eigenvalue weighted by atomic mass is 9.77. The van der Waals surface area contributed by atoms with Gasteiger partial charge in [0.2, 0.25) is 5.91 Å². The molecule has 0 aliphatic carbocycles. The lowest BCUT2D eigenvalue weighted by molar-refractivity contribution is -0.126. The minimum atomic E-state index is -0.504. The van der Waals surface area contributed by atoms with Crippen molar-refractivity contribution in [1.82, 2.24) is 5.32 Å². The summed E-state index contributed by atoms with van der Waals surface area (Å²) in [4.78, 5) is 12.4. The van der Waals surface area contributed by atoms with Gasteiger partial charge in [-0.2, -0.15) is 0 Å². The van der Waals surface area contributed by atoms with Crippen LogP contribution in [-0.4, -0.2) is 19.0 Å². The van der Waals surface area contributed by atoms with Crippen LogP contribution in [0.4, 0.5) is 10.1 Å². The van der Waals surface area contributed by atoms with Gasteiger partial charge in [0, 0.05) is 6.54 Å². The molecule has 1 aliphatic rings. The number of halogens is 2. The molecule has 104 valence electrons. The number of piperidine rings is 1. The first-order valence-electron chi connectivity index (χ1n) is 6.55. The molecule has 1 aliphatic heterocycles. The Kier molecular flexibility index (Phi) is 4.42. The third kappa shape index (κ3) is 2.90. The second kappa shape index (κ2) is 5.88. The first kappa shape index (κ1) is 14.3. The molecule has 2 N–H and O–H groups in total. The van der Waals surface area contributed by atoms with Crippen molar-refractivity contribution in [2.45, 2.75) is 26.2 Å². The maximum absolute atomic E-state index is 13.7. The Morgan fingerprint density at radius 2 is 2.37 bits per heavy atom. The normalized spacial score (nSPS) is 23.1. The zero-order valence-electron chi connectivity index (χ0n) is 10.9. The number of hydrogen-bond acceptors (Lipinski definition) is 2. The molecule has 1 aromatic carbocycles. The fourth-order valence-corrected chi connectivity index (χ4v) is 2.70. The molecular formula is C14H18ClFN2O. The second-order valence-corrected chi connectivity index (χ2v) is 5.37. The third-order valence-corrected chi connectivity index (χ3v) is 4.15. The van der Waals surface area contributed by atoms with E-state index in [0.717, 1.165) is 25.8 Å². The standard InChI is InChI=1S/C14H18ClFN2O/c1-2-14(7-4-8-17-9-14)13(19)18-12-10(15)5-3-6-11(12)16/h3,5-6,17H,2,4,7-9H2,1H3,(H,18,19). The van der Waals surface area contributed by atoms with Crippen LogP contribution in [-0.2, 0) is 4.79 Å². The van der Waals surface area contributed by atoms with Crippen LogP contribution in [0.3, 0.4) is 0 Å². The predicted octanol–water partition coefficient (Wildman–Crippen LogP) is 3.20. The van der Waals surface area contributed by atoms with Gasteiger partial charge >= 0.3 is 0 Å². The Labute approximate surface area is 117 Å². The lowest BCUT2D eigenvalue weighted by Crippen LogP contribution is -2.47. The van der Waals surface area contributed by atoms with Crippen LogP contribution >= 0.6 is 11.6 Å². The molecule has 0 spiro atoms. The monoisotopic (exact) mass is 284 g/mol. The van der Waals surface area contributed by atoms with Crippen LogP contribution in [0.5, 0.6) is 0 Å². The van der Waals surface area contributed by atoms with Crippen LogP contribution in [0.2, 0.25) is 5.02 Å². The summed E-state index contributed by atoms with van der Waals surface area (Å²) in [5, 5.41) is 6.11. The Bertz CT molecular complexity index is 452. The highest BCUT2D eigenvalue weighted by atomic mass is 35.5. The average Bonchev–Trinajstić information content (AvgIpc) is 2.43. The SMILES string of the molecule is CCC1(C(=O)Nc2c(F)cccc2Cl)CCCNC1. The van der Waals surface area contributed by atoms with Crippen molar-refractivity contribution < 1.29 is 9.18 Å². The topological polar surface area (TPSA) is 41.1 Å². The smallest absolute Gasteiger partial charge is 0.231 e. The predicted molar refractivity (Wildman–Crippen MR) is 74.9 cm³/mol. The molecule has 0 aromatic heterocycles. The highest BCUT2D eigenvalue weighted by Crippen LogP contribution is 2.33. The highest BCUT2D eigenvalue weighted by Gasteiger charge is 2.38. The van der Waals surface area contributed by atoms with Crippen LogP contribution in [0.1, 0.15) is 26.2 Å². The first-order chi connectivity index (χ1) is 9.09. The van der Waals surface area contributed by atoms with E-state index in [1.807, 2.05) is 6.92 Å². The van der Waals surface area contributed by atoms with Crippen LogP contribution < -0.4 is 10.6 Å². The van der Waals surface area contributed by atoms with E-state index in [9.17, 15) is 9.18 Å². The van der Waals surface area contributed by atoms with Gasteiger partial charge in [0.1, 0.15) is 5.82 Å². The molecule has 5 heteroatoms. The molecular weight excluding hydrogens is 267 g/mol. The van der Waals surface area contributed by atoms with Crippen molar-refractivity contribution in [3.8, 4) is 0 Å². The number of para-hydroxylation sites is 1. The van der Waals surface area contributed by atoms with Crippen molar-refractivity contribution in [2.24, 2.45) is 5.41 Å². The Hall–Kier alpha value is -1.13. The van der Waals surface area contributed by atoms with E-state index < -0.39 is 11.2 Å². The summed E-state index contributed by atoms with van der Waals surface area (Å²) in [6.07, 6.45) is 2.48. The van der Waals surface area contributed by atoms with Gasteiger partial charge in [0.25, 0.3) is 0 Å². The first-order valence-corrected chi connectivity index (χ1v) is 6.93. The zero-order chi connectivity index (χ0) is 13.9. The summed E-state index contributed by atoms with van der Waals surface area (Å²) in [7, 11) is 0. The van der Waals surface area contributed by atoms with E-state index in [1.54, 1.807) is 6.07 Å². The number of benzene rings is 1.